The summed E-state index contributed by atoms with van der Waals surface area (Å²) in [6.07, 6.45) is 0. The molecule has 1 aliphatic rings. The molecule has 0 saturated heterocycles. The number of phenolic OH excluding ortho intramolecular Hbond substituents is 1. The Morgan fingerprint density at radius 2 is 2.22 bits per heavy atom. The lowest BCUT2D eigenvalue weighted by Gasteiger charge is -2.02. The van der Waals surface area contributed by atoms with Gasteiger partial charge in [-0.1, -0.05) is 0 Å². The van der Waals surface area contributed by atoms with Crippen molar-refractivity contribution in [2.24, 2.45) is 0 Å². The molecule has 0 radical (unpaired) electrons. The maximum absolute atomic E-state index is 9.82. The first-order valence-corrected chi connectivity index (χ1v) is 5.71. The van der Waals surface area contributed by atoms with Crippen LogP contribution in [-0.2, 0) is 20.8 Å². The van der Waals surface area contributed by atoms with Crippen molar-refractivity contribution in [2.75, 3.05) is 6.61 Å². The maximum atomic E-state index is 9.82. The number of aromatic hydroxyl groups is 1. The molecule has 0 amide bonds. The second-order valence-corrected chi connectivity index (χ2v) is 3.92. The zero-order chi connectivity index (χ0) is 13.7. The topological polar surface area (TPSA) is 76.0 Å². The summed E-state index contributed by atoms with van der Waals surface area (Å²) in [5.41, 5.74) is 2.63. The summed E-state index contributed by atoms with van der Waals surface area (Å²) >= 11 is 0. The number of esters is 1. The average molecular weight is 252 g/mol. The van der Waals surface area contributed by atoms with Crippen LogP contribution in [0, 0.1) is 6.92 Å². The normalized spacial score (nSPS) is 12.6. The van der Waals surface area contributed by atoms with Crippen LogP contribution >= 0.6 is 0 Å². The lowest BCUT2D eigenvalue weighted by atomic mass is 9.78. The van der Waals surface area contributed by atoms with E-state index in [4.69, 9.17) is 4.65 Å². The van der Waals surface area contributed by atoms with E-state index in [1.807, 2.05) is 6.92 Å². The van der Waals surface area contributed by atoms with Crippen LogP contribution in [0.5, 0.6) is 5.75 Å². The second kappa shape index (κ2) is 6.42. The summed E-state index contributed by atoms with van der Waals surface area (Å²) in [5, 5.41) is 18.5. The van der Waals surface area contributed by atoms with Crippen molar-refractivity contribution >= 4 is 18.6 Å². The molecule has 6 heteroatoms. The predicted molar refractivity (Wildman–Crippen MR) is 67.5 cm³/mol. The third kappa shape index (κ3) is 3.75. The highest BCUT2D eigenvalue weighted by Crippen LogP contribution is 2.19. The van der Waals surface area contributed by atoms with Crippen LogP contribution in [-0.4, -0.2) is 29.8 Å². The summed E-state index contributed by atoms with van der Waals surface area (Å²) in [6, 6.07) is 3.21. The smallest absolute Gasteiger partial charge is 0.491 e. The van der Waals surface area contributed by atoms with E-state index in [0.717, 1.165) is 11.1 Å². The first-order chi connectivity index (χ1) is 8.45. The van der Waals surface area contributed by atoms with E-state index < -0.39 is 7.12 Å². The van der Waals surface area contributed by atoms with Gasteiger partial charge >= 0.3 is 13.1 Å². The number of carbonyl (C=O) groups excluding carboxylic acids is 1. The van der Waals surface area contributed by atoms with Gasteiger partial charge in [0.25, 0.3) is 0 Å². The summed E-state index contributed by atoms with van der Waals surface area (Å²) < 4.78 is 9.41. The van der Waals surface area contributed by atoms with Gasteiger partial charge in [-0.15, -0.1) is 0 Å². The molecule has 0 bridgehead atoms. The minimum Gasteiger partial charge on any atom is -0.508 e. The molecule has 2 N–H and O–H groups in total. The van der Waals surface area contributed by atoms with E-state index in [-0.39, 0.29) is 11.7 Å². The molecule has 0 saturated carbocycles. The van der Waals surface area contributed by atoms with Crippen LogP contribution in [0.4, 0.5) is 0 Å². The van der Waals surface area contributed by atoms with Crippen molar-refractivity contribution < 1.29 is 24.3 Å². The highest BCUT2D eigenvalue weighted by Gasteiger charge is 2.28. The first kappa shape index (κ1) is 14.5. The summed E-state index contributed by atoms with van der Waals surface area (Å²) in [5.74, 6) is -0.0340. The van der Waals surface area contributed by atoms with Crippen molar-refractivity contribution in [3.63, 3.8) is 0 Å². The molecule has 0 aromatic heterocycles. The lowest BCUT2D eigenvalue weighted by molar-refractivity contribution is -0.140. The highest BCUT2D eigenvalue weighted by molar-refractivity contribution is 6.61. The van der Waals surface area contributed by atoms with Crippen LogP contribution in [0.1, 0.15) is 25.0 Å². The number of hydrogen-bond donors (Lipinski definition) is 2. The quantitative estimate of drug-likeness (QED) is 0.561. The number of rotatable bonds is 1. The van der Waals surface area contributed by atoms with Gasteiger partial charge in [0.15, 0.2) is 0 Å². The second-order valence-electron chi connectivity index (χ2n) is 3.92. The van der Waals surface area contributed by atoms with E-state index in [2.05, 4.69) is 4.74 Å². The zero-order valence-electron chi connectivity index (χ0n) is 10.8. The Labute approximate surface area is 106 Å². The fraction of sp³-hybridized carbons (Fsp3) is 0.417. The van der Waals surface area contributed by atoms with E-state index >= 15 is 0 Å². The van der Waals surface area contributed by atoms with Gasteiger partial charge in [-0.05, 0) is 42.6 Å². The van der Waals surface area contributed by atoms with E-state index in [1.165, 1.54) is 6.92 Å². The molecule has 98 valence electrons. The number of hydrogen-bond acceptors (Lipinski definition) is 5. The van der Waals surface area contributed by atoms with Gasteiger partial charge in [-0.25, -0.2) is 0 Å². The Morgan fingerprint density at radius 3 is 2.72 bits per heavy atom. The molecule has 1 aliphatic heterocycles. The highest BCUT2D eigenvalue weighted by atomic mass is 16.5. The van der Waals surface area contributed by atoms with Gasteiger partial charge in [0.2, 0.25) is 0 Å². The fourth-order valence-corrected chi connectivity index (χ4v) is 1.70. The number of aryl methyl sites for hydroxylation is 1. The first-order valence-electron chi connectivity index (χ1n) is 5.71. The van der Waals surface area contributed by atoms with Gasteiger partial charge in [0, 0.05) is 6.92 Å². The molecule has 1 heterocycles. The van der Waals surface area contributed by atoms with Crippen molar-refractivity contribution in [1.82, 2.24) is 0 Å². The molecule has 0 unspecified atom stereocenters. The van der Waals surface area contributed by atoms with Crippen LogP contribution < -0.4 is 5.46 Å². The molecule has 18 heavy (non-hydrogen) atoms. The Bertz CT molecular complexity index is 433. The summed E-state index contributed by atoms with van der Waals surface area (Å²) in [7, 11) is -0.870. The Kier molecular flexibility index (Phi) is 5.18. The molecular formula is C12H17BO5. The Hall–Kier alpha value is -1.53. The van der Waals surface area contributed by atoms with Crippen molar-refractivity contribution in [3.8, 4) is 5.75 Å². The number of phenols is 1. The minimum atomic E-state index is -0.870. The monoisotopic (exact) mass is 252 g/mol. The predicted octanol–water partition coefficient (Wildman–Crippen LogP) is 0.488. The largest absolute Gasteiger partial charge is 0.508 e. The maximum Gasteiger partial charge on any atom is 0.491 e. The molecule has 2 rings (SSSR count). The minimum absolute atomic E-state index is 0.177. The summed E-state index contributed by atoms with van der Waals surface area (Å²) in [6.45, 7) is 5.98. The fourth-order valence-electron chi connectivity index (χ4n) is 1.70. The van der Waals surface area contributed by atoms with Crippen molar-refractivity contribution in [2.45, 2.75) is 27.4 Å². The molecule has 0 atom stereocenters. The standard InChI is InChI=1S/C8H9BO3.C4H8O2/c1-5-2-6(10)3-8-7(5)4-12-9(8)11;1-3-6-4(2)5/h2-3,10-11H,4H2,1H3;3H2,1-2H3. The third-order valence-electron chi connectivity index (χ3n) is 2.49. The third-order valence-corrected chi connectivity index (χ3v) is 2.49. The molecule has 1 aromatic rings. The Balaban J connectivity index is 0.000000232. The Morgan fingerprint density at radius 1 is 1.56 bits per heavy atom. The van der Waals surface area contributed by atoms with Crippen molar-refractivity contribution in [3.05, 3.63) is 23.3 Å². The van der Waals surface area contributed by atoms with Crippen molar-refractivity contribution in [1.29, 1.82) is 0 Å². The SMILES string of the molecule is CCOC(C)=O.Cc1cc(O)cc2c1COB2O. The summed E-state index contributed by atoms with van der Waals surface area (Å²) in [4.78, 5) is 9.82. The molecule has 0 fully saturated rings. The molecule has 1 aromatic carbocycles. The van der Waals surface area contributed by atoms with Gasteiger partial charge in [-0.2, -0.15) is 0 Å². The average Bonchev–Trinajstić information content (AvgIpc) is 2.61. The molecule has 5 nitrogen and oxygen atoms in total. The number of ether oxygens (including phenoxy) is 1. The van der Waals surface area contributed by atoms with E-state index in [1.54, 1.807) is 19.1 Å². The van der Waals surface area contributed by atoms with Crippen LogP contribution in [0.2, 0.25) is 0 Å². The molecule has 0 spiro atoms. The van der Waals surface area contributed by atoms with Gasteiger partial charge < -0.3 is 19.5 Å². The van der Waals surface area contributed by atoms with Gasteiger partial charge in [0.05, 0.1) is 13.2 Å². The molecular weight excluding hydrogens is 235 g/mol. The van der Waals surface area contributed by atoms with Gasteiger partial charge in [-0.3, -0.25) is 4.79 Å². The van der Waals surface area contributed by atoms with E-state index in [9.17, 15) is 14.9 Å². The van der Waals surface area contributed by atoms with Gasteiger partial charge in [0.1, 0.15) is 5.75 Å². The zero-order valence-corrected chi connectivity index (χ0v) is 10.8. The van der Waals surface area contributed by atoms with Crippen LogP contribution in [0.15, 0.2) is 12.1 Å². The van der Waals surface area contributed by atoms with E-state index in [0.29, 0.717) is 18.7 Å². The lowest BCUT2D eigenvalue weighted by Crippen LogP contribution is -2.28. The van der Waals surface area contributed by atoms with Crippen LogP contribution in [0.25, 0.3) is 0 Å². The number of benzene rings is 1. The number of carbonyl (C=O) groups is 1. The molecule has 0 aliphatic carbocycles. The number of fused-ring (bicyclic) bond motifs is 1. The van der Waals surface area contributed by atoms with Crippen LogP contribution in [0.3, 0.4) is 0 Å².